The van der Waals surface area contributed by atoms with E-state index in [9.17, 15) is 13.2 Å². The highest BCUT2D eigenvalue weighted by Crippen LogP contribution is 2.22. The Kier molecular flexibility index (Phi) is 5.35. The summed E-state index contributed by atoms with van der Waals surface area (Å²) in [6, 6.07) is 10.0. The van der Waals surface area contributed by atoms with E-state index >= 15 is 0 Å². The molecule has 0 aliphatic carbocycles. The monoisotopic (exact) mass is 333 g/mol. The zero-order chi connectivity index (χ0) is 14.6. The van der Waals surface area contributed by atoms with Gasteiger partial charge >= 0.3 is 0 Å². The molecule has 1 atom stereocenters. The zero-order valence-electron chi connectivity index (χ0n) is 10.9. The first-order valence-corrected chi connectivity index (χ1v) is 9.72. The van der Waals surface area contributed by atoms with E-state index in [1.54, 1.807) is 16.7 Å². The number of thioether (sulfide) groups is 1. The van der Waals surface area contributed by atoms with Crippen molar-refractivity contribution in [1.82, 2.24) is 4.90 Å². The summed E-state index contributed by atoms with van der Waals surface area (Å²) in [5.74, 6) is 0.774. The minimum absolute atomic E-state index is 0.0116. The van der Waals surface area contributed by atoms with Gasteiger partial charge in [0.15, 0.2) is 0 Å². The molecule has 20 heavy (non-hydrogen) atoms. The SMILES string of the molecule is O=C1CC(S(=O)(=O)Cl)CN1CCCSc1ccccc1. The van der Waals surface area contributed by atoms with Gasteiger partial charge < -0.3 is 4.90 Å². The van der Waals surface area contributed by atoms with Crippen molar-refractivity contribution in [2.45, 2.75) is 23.0 Å². The van der Waals surface area contributed by atoms with Crippen LogP contribution >= 0.6 is 22.4 Å². The molecule has 2 rings (SSSR count). The van der Waals surface area contributed by atoms with E-state index in [1.807, 2.05) is 30.3 Å². The normalized spacial score (nSPS) is 19.6. The second kappa shape index (κ2) is 6.83. The number of rotatable bonds is 6. The molecule has 1 aromatic carbocycles. The van der Waals surface area contributed by atoms with Gasteiger partial charge in [0.05, 0.1) is 0 Å². The lowest BCUT2D eigenvalue weighted by Gasteiger charge is -2.15. The first-order valence-electron chi connectivity index (χ1n) is 6.36. The molecule has 7 heteroatoms. The number of halogens is 1. The number of hydrogen-bond donors (Lipinski definition) is 0. The average molecular weight is 334 g/mol. The second-order valence-corrected chi connectivity index (χ2v) is 8.73. The van der Waals surface area contributed by atoms with Crippen molar-refractivity contribution >= 4 is 37.4 Å². The number of benzene rings is 1. The van der Waals surface area contributed by atoms with Crippen LogP contribution in [0.15, 0.2) is 35.2 Å². The van der Waals surface area contributed by atoms with Gasteiger partial charge in [-0.1, -0.05) is 18.2 Å². The van der Waals surface area contributed by atoms with Gasteiger partial charge in [0, 0.05) is 35.1 Å². The summed E-state index contributed by atoms with van der Waals surface area (Å²) in [7, 11) is 1.66. The highest BCUT2D eigenvalue weighted by molar-refractivity contribution is 8.14. The molecule has 1 aromatic rings. The topological polar surface area (TPSA) is 54.5 Å². The molecule has 0 N–H and O–H groups in total. The third-order valence-electron chi connectivity index (χ3n) is 3.16. The van der Waals surface area contributed by atoms with Crippen molar-refractivity contribution in [2.24, 2.45) is 0 Å². The van der Waals surface area contributed by atoms with Gasteiger partial charge in [-0.2, -0.15) is 0 Å². The zero-order valence-corrected chi connectivity index (χ0v) is 13.3. The van der Waals surface area contributed by atoms with E-state index in [0.717, 1.165) is 12.2 Å². The highest BCUT2D eigenvalue weighted by Gasteiger charge is 2.36. The molecule has 110 valence electrons. The van der Waals surface area contributed by atoms with Crippen LogP contribution in [0.2, 0.25) is 0 Å². The van der Waals surface area contributed by atoms with Crippen molar-refractivity contribution in [3.63, 3.8) is 0 Å². The third kappa shape index (κ3) is 4.40. The van der Waals surface area contributed by atoms with Crippen molar-refractivity contribution in [3.05, 3.63) is 30.3 Å². The summed E-state index contributed by atoms with van der Waals surface area (Å²) in [6.07, 6.45) is 0.845. The van der Waals surface area contributed by atoms with Gasteiger partial charge in [-0.25, -0.2) is 8.42 Å². The Labute approximate surface area is 127 Å². The number of likely N-dealkylation sites (tertiary alicyclic amines) is 1. The van der Waals surface area contributed by atoms with Crippen LogP contribution in [0.1, 0.15) is 12.8 Å². The quantitative estimate of drug-likeness (QED) is 0.455. The van der Waals surface area contributed by atoms with Crippen LogP contribution in [0, 0.1) is 0 Å². The van der Waals surface area contributed by atoms with Gasteiger partial charge in [0.1, 0.15) is 5.25 Å². The Hall–Kier alpha value is -0.720. The van der Waals surface area contributed by atoms with E-state index in [-0.39, 0.29) is 18.9 Å². The van der Waals surface area contributed by atoms with E-state index in [0.29, 0.717) is 6.54 Å². The number of carbonyl (C=O) groups is 1. The summed E-state index contributed by atoms with van der Waals surface area (Å²) in [4.78, 5) is 14.5. The van der Waals surface area contributed by atoms with E-state index < -0.39 is 14.3 Å². The maximum Gasteiger partial charge on any atom is 0.237 e. The molecule has 1 heterocycles. The molecular weight excluding hydrogens is 318 g/mol. The average Bonchev–Trinajstić information content (AvgIpc) is 2.77. The number of carbonyl (C=O) groups excluding carboxylic acids is 1. The molecular formula is C13H16ClNO3S2. The van der Waals surface area contributed by atoms with Crippen LogP contribution in [0.4, 0.5) is 0 Å². The summed E-state index contributed by atoms with van der Waals surface area (Å²) in [6.45, 7) is 0.808. The lowest BCUT2D eigenvalue weighted by atomic mass is 10.4. The fourth-order valence-electron chi connectivity index (χ4n) is 2.10. The largest absolute Gasteiger partial charge is 0.341 e. The van der Waals surface area contributed by atoms with Gasteiger partial charge in [-0.3, -0.25) is 4.79 Å². The molecule has 1 unspecified atom stereocenters. The summed E-state index contributed by atoms with van der Waals surface area (Å²) in [5.41, 5.74) is 0. The minimum atomic E-state index is -3.64. The molecule has 0 spiro atoms. The van der Waals surface area contributed by atoms with Crippen molar-refractivity contribution < 1.29 is 13.2 Å². The molecule has 4 nitrogen and oxygen atoms in total. The maximum atomic E-state index is 11.7. The van der Waals surface area contributed by atoms with E-state index in [4.69, 9.17) is 10.7 Å². The van der Waals surface area contributed by atoms with Crippen molar-refractivity contribution in [1.29, 1.82) is 0 Å². The lowest BCUT2D eigenvalue weighted by molar-refractivity contribution is -0.127. The van der Waals surface area contributed by atoms with E-state index in [1.165, 1.54) is 4.90 Å². The number of amides is 1. The molecule has 1 fully saturated rings. The lowest BCUT2D eigenvalue weighted by Crippen LogP contribution is -2.28. The Morgan fingerprint density at radius 2 is 2.00 bits per heavy atom. The van der Waals surface area contributed by atoms with Crippen LogP contribution in [0.3, 0.4) is 0 Å². The Morgan fingerprint density at radius 1 is 1.30 bits per heavy atom. The Morgan fingerprint density at radius 3 is 2.60 bits per heavy atom. The summed E-state index contributed by atoms with van der Waals surface area (Å²) in [5, 5.41) is -0.751. The summed E-state index contributed by atoms with van der Waals surface area (Å²) < 4.78 is 22.4. The molecule has 1 amide bonds. The van der Waals surface area contributed by atoms with Crippen LogP contribution in [-0.2, 0) is 13.8 Å². The Bertz CT molecular complexity index is 562. The van der Waals surface area contributed by atoms with Crippen LogP contribution in [0.25, 0.3) is 0 Å². The third-order valence-corrected chi connectivity index (χ3v) is 6.13. The maximum absolute atomic E-state index is 11.7. The number of nitrogens with zero attached hydrogens (tertiary/aromatic N) is 1. The van der Waals surface area contributed by atoms with Crippen LogP contribution in [-0.4, -0.2) is 43.3 Å². The molecule has 0 saturated carbocycles. The van der Waals surface area contributed by atoms with Gasteiger partial charge in [0.2, 0.25) is 15.0 Å². The summed E-state index contributed by atoms with van der Waals surface area (Å²) >= 11 is 1.73. The van der Waals surface area contributed by atoms with E-state index in [2.05, 4.69) is 0 Å². The molecule has 0 aromatic heterocycles. The first-order chi connectivity index (χ1) is 9.47. The molecule has 1 aliphatic heterocycles. The molecule has 1 saturated heterocycles. The minimum Gasteiger partial charge on any atom is -0.341 e. The van der Waals surface area contributed by atoms with Gasteiger partial charge in [-0.15, -0.1) is 11.8 Å². The standard InChI is InChI=1S/C13H16ClNO3S2/c14-20(17,18)12-9-13(16)15(10-12)7-4-8-19-11-5-2-1-3-6-11/h1-3,5-6,12H,4,7-10H2. The van der Waals surface area contributed by atoms with Gasteiger partial charge in [-0.05, 0) is 24.3 Å². The Balaban J connectivity index is 1.74. The smallest absolute Gasteiger partial charge is 0.237 e. The van der Waals surface area contributed by atoms with Crippen molar-refractivity contribution in [2.75, 3.05) is 18.8 Å². The van der Waals surface area contributed by atoms with Crippen molar-refractivity contribution in [3.8, 4) is 0 Å². The first kappa shape index (κ1) is 15.7. The van der Waals surface area contributed by atoms with Crippen LogP contribution in [0.5, 0.6) is 0 Å². The molecule has 0 bridgehead atoms. The van der Waals surface area contributed by atoms with Crippen LogP contribution < -0.4 is 0 Å². The second-order valence-electron chi connectivity index (χ2n) is 4.66. The fourth-order valence-corrected chi connectivity index (χ4v) is 4.02. The molecule has 1 aliphatic rings. The van der Waals surface area contributed by atoms with Gasteiger partial charge in [0.25, 0.3) is 0 Å². The molecule has 0 radical (unpaired) electrons. The fraction of sp³-hybridized carbons (Fsp3) is 0.462. The highest BCUT2D eigenvalue weighted by atomic mass is 35.7. The predicted molar refractivity (Wildman–Crippen MR) is 81.5 cm³/mol. The number of hydrogen-bond acceptors (Lipinski definition) is 4. The predicted octanol–water partition coefficient (Wildman–Crippen LogP) is 2.34.